The van der Waals surface area contributed by atoms with Crippen molar-refractivity contribution in [2.75, 3.05) is 13.2 Å². The fraction of sp³-hybridized carbons (Fsp3) is 0.500. The number of benzene rings is 1. The van der Waals surface area contributed by atoms with Crippen LogP contribution in [0.5, 0.6) is 0 Å². The molecular weight excluding hydrogens is 233 g/mol. The van der Waals surface area contributed by atoms with E-state index < -0.39 is 5.41 Å². The van der Waals surface area contributed by atoms with Gasteiger partial charge in [0.1, 0.15) is 5.82 Å². The van der Waals surface area contributed by atoms with Crippen molar-refractivity contribution in [3.05, 3.63) is 35.6 Å². The van der Waals surface area contributed by atoms with Crippen molar-refractivity contribution in [3.8, 4) is 0 Å². The van der Waals surface area contributed by atoms with Crippen LogP contribution in [0.15, 0.2) is 24.3 Å². The molecule has 98 valence electrons. The molecule has 0 bridgehead atoms. The van der Waals surface area contributed by atoms with E-state index in [2.05, 4.69) is 5.32 Å². The molecule has 0 aliphatic heterocycles. The van der Waals surface area contributed by atoms with Crippen LogP contribution in [0.4, 0.5) is 4.39 Å². The van der Waals surface area contributed by atoms with E-state index in [1.54, 1.807) is 12.1 Å². The number of aliphatic hydroxyl groups excluding tert-OH is 1. The van der Waals surface area contributed by atoms with Gasteiger partial charge in [0, 0.05) is 6.54 Å². The lowest BCUT2D eigenvalue weighted by molar-refractivity contribution is -0.126. The third-order valence-electron chi connectivity index (χ3n) is 3.69. The van der Waals surface area contributed by atoms with Gasteiger partial charge in [-0.15, -0.1) is 0 Å². The normalized spacial score (nSPS) is 17.7. The zero-order valence-corrected chi connectivity index (χ0v) is 10.3. The first-order valence-electron chi connectivity index (χ1n) is 6.34. The van der Waals surface area contributed by atoms with Crippen LogP contribution >= 0.6 is 0 Å². The molecule has 2 N–H and O–H groups in total. The first-order chi connectivity index (χ1) is 8.69. The van der Waals surface area contributed by atoms with Crippen LogP contribution in [0.25, 0.3) is 0 Å². The van der Waals surface area contributed by atoms with Crippen molar-refractivity contribution in [2.24, 2.45) is 0 Å². The summed E-state index contributed by atoms with van der Waals surface area (Å²) in [6.45, 7) is 0.201. The number of hydrogen-bond acceptors (Lipinski definition) is 2. The van der Waals surface area contributed by atoms with Gasteiger partial charge in [0.05, 0.1) is 12.0 Å². The first kappa shape index (κ1) is 13.0. The van der Waals surface area contributed by atoms with Crippen molar-refractivity contribution >= 4 is 5.91 Å². The van der Waals surface area contributed by atoms with E-state index in [1.807, 2.05) is 0 Å². The maximum absolute atomic E-state index is 13.0. The van der Waals surface area contributed by atoms with Gasteiger partial charge < -0.3 is 10.4 Å². The van der Waals surface area contributed by atoms with Gasteiger partial charge in [-0.2, -0.15) is 0 Å². The molecule has 0 heterocycles. The van der Waals surface area contributed by atoms with Crippen LogP contribution in [0, 0.1) is 5.82 Å². The molecule has 4 heteroatoms. The van der Waals surface area contributed by atoms with Gasteiger partial charge in [0.15, 0.2) is 0 Å². The minimum Gasteiger partial charge on any atom is -0.395 e. The molecular formula is C14H18FNO2. The summed E-state index contributed by atoms with van der Waals surface area (Å²) < 4.78 is 13.0. The summed E-state index contributed by atoms with van der Waals surface area (Å²) in [6.07, 6.45) is 3.58. The van der Waals surface area contributed by atoms with Crippen molar-refractivity contribution in [3.63, 3.8) is 0 Å². The molecule has 1 amide bonds. The molecule has 0 unspecified atom stereocenters. The molecule has 0 saturated heterocycles. The van der Waals surface area contributed by atoms with Crippen molar-refractivity contribution < 1.29 is 14.3 Å². The zero-order chi connectivity index (χ0) is 13.0. The monoisotopic (exact) mass is 251 g/mol. The second kappa shape index (κ2) is 5.48. The van der Waals surface area contributed by atoms with E-state index in [4.69, 9.17) is 5.11 Å². The molecule has 1 fully saturated rings. The van der Waals surface area contributed by atoms with Crippen LogP contribution in [0.2, 0.25) is 0 Å². The fourth-order valence-electron chi connectivity index (χ4n) is 2.73. The van der Waals surface area contributed by atoms with Crippen molar-refractivity contribution in [1.82, 2.24) is 5.32 Å². The Morgan fingerprint density at radius 1 is 1.28 bits per heavy atom. The number of hydrogen-bond donors (Lipinski definition) is 2. The van der Waals surface area contributed by atoms with E-state index in [0.29, 0.717) is 0 Å². The molecule has 3 nitrogen and oxygen atoms in total. The summed E-state index contributed by atoms with van der Waals surface area (Å²) in [5, 5.41) is 11.5. The smallest absolute Gasteiger partial charge is 0.230 e. The number of rotatable bonds is 4. The summed E-state index contributed by atoms with van der Waals surface area (Å²) in [7, 11) is 0. The summed E-state index contributed by atoms with van der Waals surface area (Å²) in [5.74, 6) is -0.344. The van der Waals surface area contributed by atoms with Crippen molar-refractivity contribution in [2.45, 2.75) is 31.1 Å². The number of nitrogens with one attached hydrogen (secondary N) is 1. The summed E-state index contributed by atoms with van der Waals surface area (Å²) in [6, 6.07) is 6.18. The van der Waals surface area contributed by atoms with Crippen LogP contribution in [-0.4, -0.2) is 24.2 Å². The second-order valence-electron chi connectivity index (χ2n) is 4.78. The molecule has 1 aliphatic carbocycles. The molecule has 18 heavy (non-hydrogen) atoms. The number of halogens is 1. The fourth-order valence-corrected chi connectivity index (χ4v) is 2.73. The summed E-state index contributed by atoms with van der Waals surface area (Å²) >= 11 is 0. The van der Waals surface area contributed by atoms with Crippen molar-refractivity contribution in [1.29, 1.82) is 0 Å². The Hall–Kier alpha value is -1.42. The van der Waals surface area contributed by atoms with E-state index in [9.17, 15) is 9.18 Å². The van der Waals surface area contributed by atoms with Crippen LogP contribution in [0.3, 0.4) is 0 Å². The lowest BCUT2D eigenvalue weighted by Crippen LogP contribution is -2.43. The SMILES string of the molecule is O=C(NCCO)C1(c2ccc(F)cc2)CCCC1. The average molecular weight is 251 g/mol. The average Bonchev–Trinajstić information content (AvgIpc) is 2.87. The predicted molar refractivity (Wildman–Crippen MR) is 66.6 cm³/mol. The van der Waals surface area contributed by atoms with Crippen LogP contribution in [-0.2, 0) is 10.2 Å². The lowest BCUT2D eigenvalue weighted by Gasteiger charge is -2.28. The third-order valence-corrected chi connectivity index (χ3v) is 3.69. The van der Waals surface area contributed by atoms with Gasteiger partial charge >= 0.3 is 0 Å². The Morgan fingerprint density at radius 2 is 1.89 bits per heavy atom. The number of amides is 1. The van der Waals surface area contributed by atoms with Crippen LogP contribution < -0.4 is 5.32 Å². The maximum Gasteiger partial charge on any atom is 0.230 e. The Labute approximate surface area is 106 Å². The van der Waals surface area contributed by atoms with E-state index >= 15 is 0 Å². The van der Waals surface area contributed by atoms with Gasteiger partial charge in [-0.3, -0.25) is 4.79 Å². The molecule has 1 aliphatic rings. The second-order valence-corrected chi connectivity index (χ2v) is 4.78. The Bertz CT molecular complexity index is 410. The van der Waals surface area contributed by atoms with Gasteiger partial charge in [0.2, 0.25) is 5.91 Å². The topological polar surface area (TPSA) is 49.3 Å². The maximum atomic E-state index is 13.0. The summed E-state index contributed by atoms with van der Waals surface area (Å²) in [4.78, 5) is 12.3. The Kier molecular flexibility index (Phi) is 3.97. The van der Waals surface area contributed by atoms with E-state index in [-0.39, 0.29) is 24.9 Å². The molecule has 1 saturated carbocycles. The largest absolute Gasteiger partial charge is 0.395 e. The first-order valence-corrected chi connectivity index (χ1v) is 6.34. The number of carbonyl (C=O) groups is 1. The molecule has 1 aromatic carbocycles. The minimum atomic E-state index is -0.539. The highest BCUT2D eigenvalue weighted by Crippen LogP contribution is 2.41. The molecule has 0 radical (unpaired) electrons. The van der Waals surface area contributed by atoms with Gasteiger partial charge in [0.25, 0.3) is 0 Å². The molecule has 0 spiro atoms. The van der Waals surface area contributed by atoms with Gasteiger partial charge in [-0.05, 0) is 30.5 Å². The highest BCUT2D eigenvalue weighted by Gasteiger charge is 2.42. The predicted octanol–water partition coefficient (Wildman–Crippen LogP) is 1.75. The third kappa shape index (κ3) is 2.38. The minimum absolute atomic E-state index is 0.0549. The Balaban J connectivity index is 2.26. The molecule has 1 aromatic rings. The quantitative estimate of drug-likeness (QED) is 0.856. The Morgan fingerprint density at radius 3 is 2.44 bits per heavy atom. The lowest BCUT2D eigenvalue weighted by atomic mass is 9.78. The summed E-state index contributed by atoms with van der Waals surface area (Å²) in [5.41, 5.74) is 0.333. The standard InChI is InChI=1S/C14H18FNO2/c15-12-5-3-11(4-6-12)14(7-1-2-8-14)13(18)16-9-10-17/h3-6,17H,1-2,7-10H2,(H,16,18). The highest BCUT2D eigenvalue weighted by atomic mass is 19.1. The van der Waals surface area contributed by atoms with E-state index in [1.165, 1.54) is 12.1 Å². The molecule has 2 rings (SSSR count). The van der Waals surface area contributed by atoms with E-state index in [0.717, 1.165) is 31.2 Å². The van der Waals surface area contributed by atoms with Gasteiger partial charge in [-0.25, -0.2) is 4.39 Å². The highest BCUT2D eigenvalue weighted by molar-refractivity contribution is 5.88. The molecule has 0 atom stereocenters. The number of aliphatic hydroxyl groups is 1. The van der Waals surface area contributed by atoms with Gasteiger partial charge in [-0.1, -0.05) is 25.0 Å². The zero-order valence-electron chi connectivity index (χ0n) is 10.3. The molecule has 0 aromatic heterocycles. The van der Waals surface area contributed by atoms with Crippen LogP contribution in [0.1, 0.15) is 31.2 Å². The number of carbonyl (C=O) groups excluding carboxylic acids is 1.